The van der Waals surface area contributed by atoms with Crippen LogP contribution in [0.1, 0.15) is 19.8 Å². The number of halogens is 3. The number of likely N-dealkylation sites (tertiary alicyclic amines) is 1. The van der Waals surface area contributed by atoms with E-state index in [1.54, 1.807) is 0 Å². The zero-order valence-electron chi connectivity index (χ0n) is 8.39. The average molecular weight is 210 g/mol. The molecule has 0 radical (unpaired) electrons. The molecule has 1 heterocycles. The van der Waals surface area contributed by atoms with Gasteiger partial charge in [-0.15, -0.1) is 0 Å². The van der Waals surface area contributed by atoms with E-state index in [4.69, 9.17) is 4.74 Å². The van der Waals surface area contributed by atoms with Gasteiger partial charge in [-0.05, 0) is 32.8 Å². The molecule has 1 atom stereocenters. The third-order valence-electron chi connectivity index (χ3n) is 2.33. The fraction of sp³-hybridized carbons (Fsp3) is 1.00. The highest BCUT2D eigenvalue weighted by Crippen LogP contribution is 2.17. The van der Waals surface area contributed by atoms with Crippen LogP contribution >= 0.6 is 0 Å². The Morgan fingerprint density at radius 3 is 2.71 bits per heavy atom. The summed E-state index contributed by atoms with van der Waals surface area (Å²) in [4.78, 5) is 1.45. The molecule has 1 saturated heterocycles. The van der Waals surface area contributed by atoms with Gasteiger partial charge in [0.05, 0.1) is 6.10 Å². The highest BCUT2D eigenvalue weighted by atomic mass is 19.4. The molecule has 1 rings (SSSR count). The van der Waals surface area contributed by atoms with Crippen molar-refractivity contribution in [3.05, 3.63) is 0 Å². The third kappa shape index (κ3) is 4.33. The van der Waals surface area contributed by atoms with Gasteiger partial charge in [-0.1, -0.05) is 0 Å². The lowest BCUT2D eigenvalue weighted by Gasteiger charge is -2.35. The Morgan fingerprint density at radius 1 is 1.43 bits per heavy atom. The highest BCUT2D eigenvalue weighted by molar-refractivity contribution is 6.58. The molecule has 0 amide bonds. The zero-order chi connectivity index (χ0) is 10.6. The van der Waals surface area contributed by atoms with E-state index < -0.39 is 13.4 Å². The maximum atomic E-state index is 12.1. The van der Waals surface area contributed by atoms with Gasteiger partial charge in [0, 0.05) is 13.2 Å². The quantitative estimate of drug-likeness (QED) is 0.656. The maximum absolute atomic E-state index is 12.1. The van der Waals surface area contributed by atoms with Crippen LogP contribution in [-0.2, 0) is 4.74 Å². The Hall–Kier alpha value is -0.225. The van der Waals surface area contributed by atoms with Crippen LogP contribution in [0, 0.1) is 0 Å². The van der Waals surface area contributed by atoms with Crippen molar-refractivity contribution in [2.45, 2.75) is 25.9 Å². The van der Waals surface area contributed by atoms with Crippen molar-refractivity contribution in [1.29, 1.82) is 0 Å². The molecular weight excluding hydrogens is 194 g/mol. The molecule has 1 aliphatic heterocycles. The molecule has 14 heavy (non-hydrogen) atoms. The summed E-state index contributed by atoms with van der Waals surface area (Å²) in [6.07, 6.45) is 0.933. The van der Waals surface area contributed by atoms with Crippen molar-refractivity contribution < 1.29 is 17.7 Å². The van der Waals surface area contributed by atoms with Gasteiger partial charge in [-0.2, -0.15) is 0 Å². The molecule has 0 spiro atoms. The molecule has 84 valence electrons. The zero-order valence-corrected chi connectivity index (χ0v) is 8.39. The lowest BCUT2D eigenvalue weighted by Crippen LogP contribution is -2.46. The lowest BCUT2D eigenvalue weighted by molar-refractivity contribution is 0.00882. The predicted molar refractivity (Wildman–Crippen MR) is 50.2 cm³/mol. The smallest absolute Gasteiger partial charge is 0.448 e. The molecular formula is C8H16BF3NO-. The van der Waals surface area contributed by atoms with E-state index in [-0.39, 0.29) is 6.10 Å². The van der Waals surface area contributed by atoms with E-state index in [1.165, 1.54) is 4.90 Å². The van der Waals surface area contributed by atoms with E-state index in [9.17, 15) is 12.9 Å². The van der Waals surface area contributed by atoms with Crippen molar-refractivity contribution >= 4 is 6.98 Å². The van der Waals surface area contributed by atoms with Gasteiger partial charge in [-0.25, -0.2) is 0 Å². The van der Waals surface area contributed by atoms with E-state index in [1.807, 2.05) is 6.92 Å². The minimum atomic E-state index is -4.69. The fourth-order valence-corrected chi connectivity index (χ4v) is 1.84. The van der Waals surface area contributed by atoms with E-state index in [0.717, 1.165) is 12.8 Å². The van der Waals surface area contributed by atoms with Gasteiger partial charge in [0.2, 0.25) is 0 Å². The summed E-state index contributed by atoms with van der Waals surface area (Å²) in [7, 11) is 0. The Balaban J connectivity index is 2.32. The van der Waals surface area contributed by atoms with Crippen LogP contribution in [0.25, 0.3) is 0 Å². The number of nitrogens with zero attached hydrogens (tertiary/aromatic N) is 1. The molecule has 6 heteroatoms. The van der Waals surface area contributed by atoms with E-state index in [2.05, 4.69) is 0 Å². The number of rotatable bonds is 4. The number of hydrogen-bond acceptors (Lipinski definition) is 2. The second kappa shape index (κ2) is 5.02. The SMILES string of the molecule is CCOC1CCCN(C[B-](F)(F)F)C1. The maximum Gasteiger partial charge on any atom is 0.492 e. The summed E-state index contributed by atoms with van der Waals surface area (Å²) in [6, 6.07) is 0. The first-order chi connectivity index (χ1) is 6.51. The van der Waals surface area contributed by atoms with Gasteiger partial charge in [0.15, 0.2) is 0 Å². The second-order valence-corrected chi connectivity index (χ2v) is 3.69. The number of piperidine rings is 1. The Morgan fingerprint density at radius 2 is 2.14 bits per heavy atom. The second-order valence-electron chi connectivity index (χ2n) is 3.69. The summed E-state index contributed by atoms with van der Waals surface area (Å²) < 4.78 is 41.7. The molecule has 1 unspecified atom stereocenters. The Kier molecular flexibility index (Phi) is 4.25. The topological polar surface area (TPSA) is 12.5 Å². The van der Waals surface area contributed by atoms with Gasteiger partial charge >= 0.3 is 6.98 Å². The average Bonchev–Trinajstić information content (AvgIpc) is 2.02. The summed E-state index contributed by atoms with van der Waals surface area (Å²) in [5, 5.41) is 0. The van der Waals surface area contributed by atoms with Crippen LogP contribution in [0.3, 0.4) is 0 Å². The number of ether oxygens (including phenoxy) is 1. The summed E-state index contributed by atoms with van der Waals surface area (Å²) in [5.41, 5.74) is 0. The van der Waals surface area contributed by atoms with Gasteiger partial charge < -0.3 is 22.6 Å². The minimum absolute atomic E-state index is 0.00750. The molecule has 1 fully saturated rings. The summed E-state index contributed by atoms with van der Waals surface area (Å²) in [6.45, 7) is -1.27. The first-order valence-corrected chi connectivity index (χ1v) is 5.06. The van der Waals surface area contributed by atoms with Crippen LogP contribution in [0.5, 0.6) is 0 Å². The predicted octanol–water partition coefficient (Wildman–Crippen LogP) is 1.87. The van der Waals surface area contributed by atoms with E-state index in [0.29, 0.717) is 19.7 Å². The molecule has 0 N–H and O–H groups in total. The molecule has 0 aromatic carbocycles. The van der Waals surface area contributed by atoms with E-state index >= 15 is 0 Å². The van der Waals surface area contributed by atoms with Crippen LogP contribution in [0.4, 0.5) is 12.9 Å². The normalized spacial score (nSPS) is 25.3. The summed E-state index contributed by atoms with van der Waals surface area (Å²) >= 11 is 0. The van der Waals surface area contributed by atoms with Gasteiger partial charge in [0.1, 0.15) is 0 Å². The van der Waals surface area contributed by atoms with Crippen LogP contribution in [-0.4, -0.2) is 44.1 Å². The van der Waals surface area contributed by atoms with Crippen LogP contribution < -0.4 is 0 Å². The largest absolute Gasteiger partial charge is 0.492 e. The standard InChI is InChI=1S/C8H16BF3NO/c1-2-14-8-4-3-5-13(6-8)7-9(10,11)12/h8H,2-7H2,1H3/q-1. The van der Waals surface area contributed by atoms with Crippen molar-refractivity contribution in [2.75, 3.05) is 26.1 Å². The number of hydrogen-bond donors (Lipinski definition) is 0. The lowest BCUT2D eigenvalue weighted by atomic mass is 9.90. The van der Waals surface area contributed by atoms with Gasteiger partial charge in [0.25, 0.3) is 0 Å². The third-order valence-corrected chi connectivity index (χ3v) is 2.33. The fourth-order valence-electron chi connectivity index (χ4n) is 1.84. The molecule has 2 nitrogen and oxygen atoms in total. The molecule has 1 aliphatic rings. The first kappa shape index (κ1) is 11.8. The van der Waals surface area contributed by atoms with Crippen LogP contribution in [0.15, 0.2) is 0 Å². The Bertz CT molecular complexity index is 174. The van der Waals surface area contributed by atoms with Crippen molar-refractivity contribution in [2.24, 2.45) is 0 Å². The minimum Gasteiger partial charge on any atom is -0.448 e. The highest BCUT2D eigenvalue weighted by Gasteiger charge is 2.29. The monoisotopic (exact) mass is 210 g/mol. The van der Waals surface area contributed by atoms with Crippen LogP contribution in [0.2, 0.25) is 0 Å². The molecule has 0 saturated carbocycles. The van der Waals surface area contributed by atoms with Gasteiger partial charge in [-0.3, -0.25) is 0 Å². The molecule has 0 bridgehead atoms. The van der Waals surface area contributed by atoms with Crippen molar-refractivity contribution in [1.82, 2.24) is 4.90 Å². The van der Waals surface area contributed by atoms with Crippen molar-refractivity contribution in [3.8, 4) is 0 Å². The summed E-state index contributed by atoms with van der Waals surface area (Å²) in [5.74, 6) is 0. The first-order valence-electron chi connectivity index (χ1n) is 5.06. The Labute approximate surface area is 82.5 Å². The molecule has 0 aliphatic carbocycles. The van der Waals surface area contributed by atoms with Crippen molar-refractivity contribution in [3.63, 3.8) is 0 Å². The molecule has 0 aromatic rings. The molecule has 0 aromatic heterocycles.